The zero-order chi connectivity index (χ0) is 32.0. The molecule has 2 saturated heterocycles. The summed E-state index contributed by atoms with van der Waals surface area (Å²) in [5.41, 5.74) is -0.918. The number of phenolic OH excluding ortho intramolecular Hbond substituents is 2. The second kappa shape index (κ2) is 12.2. The Morgan fingerprint density at radius 1 is 0.795 bits per heavy atom. The van der Waals surface area contributed by atoms with Crippen molar-refractivity contribution in [3.05, 3.63) is 46.6 Å². The summed E-state index contributed by atoms with van der Waals surface area (Å²) in [7, 11) is 0. The van der Waals surface area contributed by atoms with Crippen molar-refractivity contribution in [2.45, 2.75) is 82.2 Å². The molecule has 2 aromatic carbocycles. The zero-order valence-electron chi connectivity index (χ0n) is 23.6. The second-order valence-electron chi connectivity index (χ2n) is 10.6. The Balaban J connectivity index is 1.58. The van der Waals surface area contributed by atoms with E-state index < -0.39 is 84.3 Å². The molecule has 0 unspecified atom stereocenters. The molecule has 2 fully saturated rings. The van der Waals surface area contributed by atoms with E-state index in [-0.39, 0.29) is 33.8 Å². The number of hydrogen-bond donors (Lipinski definition) is 7. The van der Waals surface area contributed by atoms with Gasteiger partial charge in [0.15, 0.2) is 18.0 Å². The van der Waals surface area contributed by atoms with E-state index in [1.165, 1.54) is 44.2 Å². The van der Waals surface area contributed by atoms with E-state index in [1.807, 2.05) is 0 Å². The van der Waals surface area contributed by atoms with Crippen LogP contribution in [0, 0.1) is 0 Å². The van der Waals surface area contributed by atoms with Crippen LogP contribution >= 0.6 is 0 Å². The first-order valence-corrected chi connectivity index (χ1v) is 13.6. The molecule has 15 heteroatoms. The van der Waals surface area contributed by atoms with E-state index in [1.54, 1.807) is 0 Å². The van der Waals surface area contributed by atoms with Gasteiger partial charge in [0.25, 0.3) is 0 Å². The normalized spacial score (nSPS) is 32.3. The van der Waals surface area contributed by atoms with Gasteiger partial charge in [-0.3, -0.25) is 9.59 Å². The van der Waals surface area contributed by atoms with Crippen LogP contribution in [0.1, 0.15) is 20.8 Å². The summed E-state index contributed by atoms with van der Waals surface area (Å²) in [6.45, 7) is 3.99. The summed E-state index contributed by atoms with van der Waals surface area (Å²) in [6.07, 6.45) is -14.3. The summed E-state index contributed by atoms with van der Waals surface area (Å²) < 4.78 is 33.5. The van der Waals surface area contributed by atoms with Crippen LogP contribution in [0.3, 0.4) is 0 Å². The molecule has 0 radical (unpaired) electrons. The van der Waals surface area contributed by atoms with Crippen molar-refractivity contribution in [2.75, 3.05) is 0 Å². The summed E-state index contributed by atoms with van der Waals surface area (Å²) in [5.74, 6) is -2.42. The number of benzene rings is 2. The lowest BCUT2D eigenvalue weighted by molar-refractivity contribution is -0.272. The predicted molar refractivity (Wildman–Crippen MR) is 147 cm³/mol. The highest BCUT2D eigenvalue weighted by atomic mass is 16.7. The van der Waals surface area contributed by atoms with Gasteiger partial charge in [0, 0.05) is 24.6 Å². The van der Waals surface area contributed by atoms with Crippen LogP contribution in [-0.2, 0) is 19.0 Å². The van der Waals surface area contributed by atoms with Crippen molar-refractivity contribution in [3.8, 4) is 34.3 Å². The van der Waals surface area contributed by atoms with E-state index in [4.69, 9.17) is 28.1 Å². The standard InChI is InChI=1S/C29H32O15/c1-10-19(33)22(36)23(37)28(39-10)42-15-8-16(32)18-17(9-15)43-25(13-4-6-14(31)7-5-13)27(21(18)35)44-29-24(38)26(41-12(3)30)20(34)11(2)40-29/h4-11,19-20,22-24,26,28-29,31-34,36-38H,1-3H3/t10-,11+,19+,20+,22-,23-,24-,26-,28+,29-/m1/s1. The van der Waals surface area contributed by atoms with E-state index in [9.17, 15) is 45.3 Å². The van der Waals surface area contributed by atoms with E-state index in [0.717, 1.165) is 13.0 Å². The summed E-state index contributed by atoms with van der Waals surface area (Å²) in [5, 5.41) is 72.0. The van der Waals surface area contributed by atoms with Crippen LogP contribution in [0.15, 0.2) is 45.6 Å². The van der Waals surface area contributed by atoms with Crippen molar-refractivity contribution in [3.63, 3.8) is 0 Å². The second-order valence-corrected chi connectivity index (χ2v) is 10.6. The molecule has 10 atom stereocenters. The molecule has 44 heavy (non-hydrogen) atoms. The molecule has 0 bridgehead atoms. The van der Waals surface area contributed by atoms with Gasteiger partial charge in [-0.15, -0.1) is 0 Å². The van der Waals surface area contributed by atoms with Gasteiger partial charge in [-0.25, -0.2) is 0 Å². The van der Waals surface area contributed by atoms with Crippen molar-refractivity contribution in [2.24, 2.45) is 0 Å². The van der Waals surface area contributed by atoms with Gasteiger partial charge in [0.05, 0.1) is 12.2 Å². The van der Waals surface area contributed by atoms with Gasteiger partial charge < -0.3 is 63.8 Å². The highest BCUT2D eigenvalue weighted by Crippen LogP contribution is 2.38. The number of hydrogen-bond acceptors (Lipinski definition) is 15. The fourth-order valence-corrected chi connectivity index (χ4v) is 5.02. The van der Waals surface area contributed by atoms with Crippen LogP contribution in [-0.4, -0.2) is 103 Å². The number of aromatic hydroxyl groups is 2. The molecular weight excluding hydrogens is 588 g/mol. The highest BCUT2D eigenvalue weighted by molar-refractivity contribution is 5.88. The first-order valence-electron chi connectivity index (χ1n) is 13.6. The maximum atomic E-state index is 13.8. The average Bonchev–Trinajstić information content (AvgIpc) is 2.97. The highest BCUT2D eigenvalue weighted by Gasteiger charge is 2.47. The lowest BCUT2D eigenvalue weighted by Gasteiger charge is -2.40. The summed E-state index contributed by atoms with van der Waals surface area (Å²) in [6, 6.07) is 7.66. The zero-order valence-corrected chi connectivity index (χ0v) is 23.6. The van der Waals surface area contributed by atoms with Crippen molar-refractivity contribution in [1.82, 2.24) is 0 Å². The fourth-order valence-electron chi connectivity index (χ4n) is 5.02. The number of ether oxygens (including phenoxy) is 5. The Kier molecular flexibility index (Phi) is 8.73. The average molecular weight is 621 g/mol. The number of aliphatic hydroxyl groups excluding tert-OH is 5. The number of carbonyl (C=O) groups excluding carboxylic acids is 1. The van der Waals surface area contributed by atoms with Crippen LogP contribution < -0.4 is 14.9 Å². The monoisotopic (exact) mass is 620 g/mol. The van der Waals surface area contributed by atoms with Gasteiger partial charge in [0.2, 0.25) is 23.8 Å². The summed E-state index contributed by atoms with van der Waals surface area (Å²) >= 11 is 0. The molecule has 0 aliphatic carbocycles. The maximum absolute atomic E-state index is 13.8. The number of aliphatic hydroxyl groups is 5. The third kappa shape index (κ3) is 5.90. The largest absolute Gasteiger partial charge is 0.508 e. The van der Waals surface area contributed by atoms with E-state index in [0.29, 0.717) is 0 Å². The molecule has 0 spiro atoms. The molecule has 2 aliphatic heterocycles. The molecule has 7 N–H and O–H groups in total. The lowest BCUT2D eigenvalue weighted by atomic mass is 9.99. The van der Waals surface area contributed by atoms with E-state index in [2.05, 4.69) is 0 Å². The molecular formula is C29H32O15. The first kappa shape index (κ1) is 31.5. The molecule has 3 aromatic rings. The van der Waals surface area contributed by atoms with Crippen molar-refractivity contribution >= 4 is 16.9 Å². The quantitative estimate of drug-likeness (QED) is 0.178. The lowest BCUT2D eigenvalue weighted by Crippen LogP contribution is -2.59. The number of carbonyl (C=O) groups is 1. The fraction of sp³-hybridized carbons (Fsp3) is 0.448. The molecule has 2 aliphatic rings. The Hall–Kier alpha value is -3.96. The van der Waals surface area contributed by atoms with Gasteiger partial charge in [0.1, 0.15) is 52.6 Å². The van der Waals surface area contributed by atoms with Crippen molar-refractivity contribution in [1.29, 1.82) is 0 Å². The minimum atomic E-state index is -1.75. The van der Waals surface area contributed by atoms with Crippen LogP contribution in [0.25, 0.3) is 22.3 Å². The Morgan fingerprint density at radius 2 is 1.41 bits per heavy atom. The minimum absolute atomic E-state index is 0.0988. The Morgan fingerprint density at radius 3 is 2.05 bits per heavy atom. The maximum Gasteiger partial charge on any atom is 0.303 e. The predicted octanol–water partition coefficient (Wildman–Crippen LogP) is -0.145. The third-order valence-corrected chi connectivity index (χ3v) is 7.41. The molecule has 0 saturated carbocycles. The summed E-state index contributed by atoms with van der Waals surface area (Å²) in [4.78, 5) is 25.4. The molecule has 238 valence electrons. The number of fused-ring (bicyclic) bond motifs is 1. The number of rotatable bonds is 6. The van der Waals surface area contributed by atoms with Crippen LogP contribution in [0.5, 0.6) is 23.0 Å². The number of phenols is 2. The number of esters is 1. The van der Waals surface area contributed by atoms with Crippen LogP contribution in [0.2, 0.25) is 0 Å². The Bertz CT molecular complexity index is 1570. The molecule has 15 nitrogen and oxygen atoms in total. The van der Waals surface area contributed by atoms with Gasteiger partial charge >= 0.3 is 5.97 Å². The molecule has 1 aromatic heterocycles. The first-order chi connectivity index (χ1) is 20.8. The molecule has 3 heterocycles. The SMILES string of the molecule is CC(=O)O[C@@H]1[C@@H](O)[C@H](C)O[C@H](Oc2c(-c3ccc(O)cc3)oc3cc(O[C@@H]4O[C@H](C)[C@H](O)[C@@H](O)[C@H]4O)cc(O)c3c2=O)[C@@H]1O. The van der Waals surface area contributed by atoms with Gasteiger partial charge in [-0.05, 0) is 38.1 Å². The smallest absolute Gasteiger partial charge is 0.303 e. The minimum Gasteiger partial charge on any atom is -0.508 e. The van der Waals surface area contributed by atoms with Gasteiger partial charge in [-0.2, -0.15) is 0 Å². The third-order valence-electron chi connectivity index (χ3n) is 7.41. The van der Waals surface area contributed by atoms with Gasteiger partial charge in [-0.1, -0.05) is 0 Å². The topological polar surface area (TPSA) is 235 Å². The molecule has 5 rings (SSSR count). The Labute approximate surface area is 249 Å². The molecule has 0 amide bonds. The van der Waals surface area contributed by atoms with Crippen molar-refractivity contribution < 1.29 is 68.6 Å². The van der Waals surface area contributed by atoms with Crippen LogP contribution in [0.4, 0.5) is 0 Å². The van der Waals surface area contributed by atoms with E-state index >= 15 is 0 Å².